The third-order valence-corrected chi connectivity index (χ3v) is 6.10. The lowest BCUT2D eigenvalue weighted by molar-refractivity contribution is 0.0531. The Morgan fingerprint density at radius 2 is 1.91 bits per heavy atom. The van der Waals surface area contributed by atoms with E-state index < -0.39 is 5.97 Å². The smallest absolute Gasteiger partial charge is 0.350 e. The van der Waals surface area contributed by atoms with E-state index >= 15 is 0 Å². The lowest BCUT2D eigenvalue weighted by Crippen LogP contribution is -2.03. The molecule has 170 valence electrons. The lowest BCUT2D eigenvalue weighted by atomic mass is 10.1. The molecular weight excluding hydrogens is 464 g/mol. The quantitative estimate of drug-likeness (QED) is 0.315. The van der Waals surface area contributed by atoms with Gasteiger partial charge in [0.2, 0.25) is 5.13 Å². The normalized spacial score (nSPS) is 11.6. The highest BCUT2D eigenvalue weighted by Crippen LogP contribution is 2.33. The second kappa shape index (κ2) is 9.64. The van der Waals surface area contributed by atoms with Crippen LogP contribution in [0.5, 0.6) is 11.5 Å². The summed E-state index contributed by atoms with van der Waals surface area (Å²) in [4.78, 5) is 21.8. The zero-order valence-corrected chi connectivity index (χ0v) is 20.0. The molecule has 2 aromatic carbocycles. The Balaban J connectivity index is 1.90. The van der Waals surface area contributed by atoms with Gasteiger partial charge in [-0.2, -0.15) is 0 Å². The van der Waals surface area contributed by atoms with E-state index in [2.05, 4.69) is 4.98 Å². The van der Waals surface area contributed by atoms with E-state index in [-0.39, 0.29) is 0 Å². The highest BCUT2D eigenvalue weighted by molar-refractivity contribution is 7.17. The summed E-state index contributed by atoms with van der Waals surface area (Å²) in [6.45, 7) is 3.81. The molecule has 0 saturated heterocycles. The van der Waals surface area contributed by atoms with Crippen molar-refractivity contribution in [1.82, 2.24) is 4.98 Å². The van der Waals surface area contributed by atoms with Crippen LogP contribution in [0.25, 0.3) is 22.3 Å². The van der Waals surface area contributed by atoms with Gasteiger partial charge in [-0.05, 0) is 50.2 Å². The van der Waals surface area contributed by atoms with Gasteiger partial charge in [0.05, 0.1) is 31.9 Å². The summed E-state index contributed by atoms with van der Waals surface area (Å²) in [5, 5.41) is 2.31. The molecule has 0 aliphatic heterocycles. The SMILES string of the molecule is CCOC(=O)c1sc(/N=c2\cc(-c3ccc(OC)c(OC)c3)oc3ccc(Cl)cc23)nc1C. The molecule has 0 spiro atoms. The summed E-state index contributed by atoms with van der Waals surface area (Å²) < 4.78 is 22.0. The van der Waals surface area contributed by atoms with E-state index in [1.54, 1.807) is 52.3 Å². The first kappa shape index (κ1) is 22.8. The van der Waals surface area contributed by atoms with Crippen LogP contribution in [-0.4, -0.2) is 31.8 Å². The molecule has 0 atom stereocenters. The maximum Gasteiger partial charge on any atom is 0.350 e. The largest absolute Gasteiger partial charge is 0.493 e. The van der Waals surface area contributed by atoms with Crippen LogP contribution >= 0.6 is 22.9 Å². The minimum atomic E-state index is -0.407. The summed E-state index contributed by atoms with van der Waals surface area (Å²) in [6, 6.07) is 12.6. The predicted octanol–water partition coefficient (Wildman–Crippen LogP) is 5.94. The molecule has 33 heavy (non-hydrogen) atoms. The van der Waals surface area contributed by atoms with Crippen LogP contribution in [0.15, 0.2) is 51.9 Å². The fourth-order valence-corrected chi connectivity index (χ4v) is 4.30. The van der Waals surface area contributed by atoms with Gasteiger partial charge < -0.3 is 18.6 Å². The van der Waals surface area contributed by atoms with Gasteiger partial charge in [0.15, 0.2) is 11.5 Å². The average molecular weight is 485 g/mol. The lowest BCUT2D eigenvalue weighted by Gasteiger charge is -2.10. The van der Waals surface area contributed by atoms with Gasteiger partial charge in [0, 0.05) is 22.0 Å². The highest BCUT2D eigenvalue weighted by Gasteiger charge is 2.17. The number of carbonyl (C=O) groups is 1. The molecule has 0 bridgehead atoms. The molecule has 0 saturated carbocycles. The van der Waals surface area contributed by atoms with Crippen LogP contribution in [0.3, 0.4) is 0 Å². The Kier molecular flexibility index (Phi) is 6.67. The number of nitrogens with zero attached hydrogens (tertiary/aromatic N) is 2. The zero-order valence-electron chi connectivity index (χ0n) is 18.5. The molecule has 0 aliphatic carbocycles. The van der Waals surface area contributed by atoms with E-state index in [9.17, 15) is 4.79 Å². The van der Waals surface area contributed by atoms with E-state index in [4.69, 9.17) is 35.2 Å². The van der Waals surface area contributed by atoms with Crippen molar-refractivity contribution >= 4 is 45.0 Å². The predicted molar refractivity (Wildman–Crippen MR) is 128 cm³/mol. The number of esters is 1. The van der Waals surface area contributed by atoms with Crippen molar-refractivity contribution in [2.24, 2.45) is 4.99 Å². The maximum absolute atomic E-state index is 12.2. The van der Waals surface area contributed by atoms with Gasteiger partial charge in [0.1, 0.15) is 16.2 Å². The molecular formula is C24H21ClN2O5S. The van der Waals surface area contributed by atoms with Crippen molar-refractivity contribution in [3.63, 3.8) is 0 Å². The Hall–Kier alpha value is -3.36. The van der Waals surface area contributed by atoms with Gasteiger partial charge in [-0.1, -0.05) is 22.9 Å². The first-order valence-electron chi connectivity index (χ1n) is 10.1. The van der Waals surface area contributed by atoms with Gasteiger partial charge in [0.25, 0.3) is 0 Å². The Bertz CT molecular complexity index is 1410. The molecule has 0 aliphatic rings. The number of aromatic nitrogens is 1. The minimum absolute atomic E-state index is 0.292. The molecule has 2 heterocycles. The molecule has 4 aromatic rings. The monoisotopic (exact) mass is 484 g/mol. The van der Waals surface area contributed by atoms with Gasteiger partial charge >= 0.3 is 5.97 Å². The first-order valence-corrected chi connectivity index (χ1v) is 11.3. The molecule has 9 heteroatoms. The summed E-state index contributed by atoms with van der Waals surface area (Å²) >= 11 is 7.42. The summed E-state index contributed by atoms with van der Waals surface area (Å²) in [5.41, 5.74) is 1.95. The first-order chi connectivity index (χ1) is 15.9. The van der Waals surface area contributed by atoms with E-state index in [1.807, 2.05) is 18.2 Å². The fourth-order valence-electron chi connectivity index (χ4n) is 3.28. The van der Waals surface area contributed by atoms with E-state index in [1.165, 1.54) is 11.3 Å². The summed E-state index contributed by atoms with van der Waals surface area (Å²) in [6.07, 6.45) is 0. The number of methoxy groups -OCH3 is 2. The molecule has 0 radical (unpaired) electrons. The Morgan fingerprint density at radius 1 is 1.12 bits per heavy atom. The van der Waals surface area contributed by atoms with Gasteiger partial charge in [-0.3, -0.25) is 0 Å². The topological polar surface area (TPSA) is 83.2 Å². The standard InChI is InChI=1S/C24H21ClN2O5S/c1-5-31-23(28)22-13(2)26-24(33-22)27-17-12-20(32-18-9-7-15(25)11-16(17)18)14-6-8-19(29-3)21(10-14)30-4/h6-12H,5H2,1-4H3/b27-17+. The zero-order chi connectivity index (χ0) is 23.5. The van der Waals surface area contributed by atoms with Gasteiger partial charge in [-0.25, -0.2) is 14.8 Å². The molecule has 0 amide bonds. The Labute approximate surface area is 199 Å². The number of hydrogen-bond donors (Lipinski definition) is 0. The van der Waals surface area contributed by atoms with Crippen LogP contribution in [0.4, 0.5) is 5.13 Å². The minimum Gasteiger partial charge on any atom is -0.493 e. The number of ether oxygens (including phenoxy) is 3. The van der Waals surface area contributed by atoms with Crippen molar-refractivity contribution in [2.75, 3.05) is 20.8 Å². The van der Waals surface area contributed by atoms with Crippen LogP contribution in [0.1, 0.15) is 22.3 Å². The van der Waals surface area contributed by atoms with Crippen molar-refractivity contribution in [3.8, 4) is 22.8 Å². The molecule has 4 rings (SSSR count). The maximum atomic E-state index is 12.2. The summed E-state index contributed by atoms with van der Waals surface area (Å²) in [5.74, 6) is 1.36. The number of carbonyl (C=O) groups excluding carboxylic acids is 1. The number of halogens is 1. The number of hydrogen-bond acceptors (Lipinski definition) is 8. The molecule has 2 aromatic heterocycles. The van der Waals surface area contributed by atoms with Gasteiger partial charge in [-0.15, -0.1) is 0 Å². The Morgan fingerprint density at radius 3 is 2.64 bits per heavy atom. The van der Waals surface area contributed by atoms with Crippen LogP contribution in [0.2, 0.25) is 5.02 Å². The highest BCUT2D eigenvalue weighted by atomic mass is 35.5. The van der Waals surface area contributed by atoms with Crippen LogP contribution < -0.4 is 14.8 Å². The van der Waals surface area contributed by atoms with E-state index in [0.29, 0.717) is 55.5 Å². The molecule has 7 nitrogen and oxygen atoms in total. The van der Waals surface area contributed by atoms with Crippen molar-refractivity contribution in [3.05, 3.63) is 63.4 Å². The number of aryl methyl sites for hydroxylation is 1. The average Bonchev–Trinajstić information content (AvgIpc) is 3.18. The summed E-state index contributed by atoms with van der Waals surface area (Å²) in [7, 11) is 3.16. The fraction of sp³-hybridized carbons (Fsp3) is 0.208. The van der Waals surface area contributed by atoms with Crippen molar-refractivity contribution < 1.29 is 23.4 Å². The number of rotatable bonds is 6. The van der Waals surface area contributed by atoms with Crippen molar-refractivity contribution in [2.45, 2.75) is 13.8 Å². The second-order valence-electron chi connectivity index (χ2n) is 6.95. The molecule has 0 N–H and O–H groups in total. The molecule has 0 fully saturated rings. The third kappa shape index (κ3) is 4.72. The number of benzene rings is 2. The van der Waals surface area contributed by atoms with Crippen LogP contribution in [0, 0.1) is 6.92 Å². The second-order valence-corrected chi connectivity index (χ2v) is 8.36. The molecule has 0 unspecified atom stereocenters. The van der Waals surface area contributed by atoms with Crippen LogP contribution in [-0.2, 0) is 4.74 Å². The van der Waals surface area contributed by atoms with Crippen molar-refractivity contribution in [1.29, 1.82) is 0 Å². The number of thiazole rings is 1. The van der Waals surface area contributed by atoms with E-state index in [0.717, 1.165) is 10.9 Å². The third-order valence-electron chi connectivity index (χ3n) is 4.84. The number of fused-ring (bicyclic) bond motifs is 1.